The summed E-state index contributed by atoms with van der Waals surface area (Å²) in [5, 5.41) is 4.13. The van der Waals surface area contributed by atoms with Crippen molar-refractivity contribution in [2.24, 2.45) is 0 Å². The van der Waals surface area contributed by atoms with Crippen molar-refractivity contribution >= 4 is 50.1 Å². The fourth-order valence-corrected chi connectivity index (χ4v) is 3.17. The molecule has 0 saturated carbocycles. The molecule has 1 N–H and O–H groups in total. The predicted molar refractivity (Wildman–Crippen MR) is 93.8 cm³/mol. The van der Waals surface area contributed by atoms with Gasteiger partial charge in [-0.25, -0.2) is 0 Å². The highest BCUT2D eigenvalue weighted by atomic mass is 127. The first kappa shape index (κ1) is 15.3. The summed E-state index contributed by atoms with van der Waals surface area (Å²) in [5.41, 5.74) is 2.43. The van der Waals surface area contributed by atoms with E-state index in [1.54, 1.807) is 0 Å². The van der Waals surface area contributed by atoms with E-state index in [1.165, 1.54) is 9.13 Å². The minimum atomic E-state index is 0.223. The Hall–Kier alpha value is -0.100. The van der Waals surface area contributed by atoms with Crippen LogP contribution in [0.2, 0.25) is 5.02 Å². The van der Waals surface area contributed by atoms with Gasteiger partial charge in [-0.3, -0.25) is 0 Å². The maximum atomic E-state index is 6.32. The SMILES string of the molecule is CNC(Cc1ccc(I)cc1)c1ccc(Br)cc1Cl. The van der Waals surface area contributed by atoms with E-state index in [4.69, 9.17) is 11.6 Å². The summed E-state index contributed by atoms with van der Waals surface area (Å²) < 4.78 is 2.26. The molecule has 0 amide bonds. The van der Waals surface area contributed by atoms with Crippen molar-refractivity contribution in [1.29, 1.82) is 0 Å². The molecule has 0 radical (unpaired) electrons. The molecule has 0 spiro atoms. The quantitative estimate of drug-likeness (QED) is 0.631. The monoisotopic (exact) mass is 449 g/mol. The number of nitrogens with one attached hydrogen (secondary N) is 1. The highest BCUT2D eigenvalue weighted by molar-refractivity contribution is 14.1. The Labute approximate surface area is 141 Å². The Morgan fingerprint density at radius 2 is 1.89 bits per heavy atom. The van der Waals surface area contributed by atoms with Crippen molar-refractivity contribution in [2.45, 2.75) is 12.5 Å². The number of hydrogen-bond acceptors (Lipinski definition) is 1. The van der Waals surface area contributed by atoms with Gasteiger partial charge in [0.05, 0.1) is 0 Å². The van der Waals surface area contributed by atoms with E-state index in [2.05, 4.69) is 74.2 Å². The fraction of sp³-hybridized carbons (Fsp3) is 0.200. The zero-order valence-corrected chi connectivity index (χ0v) is 15.0. The summed E-state index contributed by atoms with van der Waals surface area (Å²) >= 11 is 12.1. The summed E-state index contributed by atoms with van der Waals surface area (Å²) in [6.07, 6.45) is 0.925. The predicted octanol–water partition coefficient (Wildman–Crippen LogP) is 5.21. The molecule has 4 heteroatoms. The first-order valence-electron chi connectivity index (χ1n) is 5.97. The van der Waals surface area contributed by atoms with Crippen LogP contribution in [0.5, 0.6) is 0 Å². The minimum absolute atomic E-state index is 0.223. The molecule has 2 aromatic carbocycles. The summed E-state index contributed by atoms with van der Waals surface area (Å²) in [6.45, 7) is 0. The van der Waals surface area contributed by atoms with Gasteiger partial charge in [0, 0.05) is 19.1 Å². The van der Waals surface area contributed by atoms with Crippen LogP contribution in [0.15, 0.2) is 46.9 Å². The molecular formula is C15H14BrClIN. The third-order valence-corrected chi connectivity index (χ3v) is 4.58. The van der Waals surface area contributed by atoms with Gasteiger partial charge in [0.25, 0.3) is 0 Å². The smallest absolute Gasteiger partial charge is 0.0465 e. The van der Waals surface area contributed by atoms with Crippen LogP contribution in [-0.2, 0) is 6.42 Å². The van der Waals surface area contributed by atoms with E-state index in [0.29, 0.717) is 0 Å². The highest BCUT2D eigenvalue weighted by Crippen LogP contribution is 2.28. The average Bonchev–Trinajstić information content (AvgIpc) is 2.39. The van der Waals surface area contributed by atoms with Crippen molar-refractivity contribution < 1.29 is 0 Å². The van der Waals surface area contributed by atoms with E-state index in [0.717, 1.165) is 21.5 Å². The van der Waals surface area contributed by atoms with Gasteiger partial charge in [-0.05, 0) is 71.5 Å². The second-order valence-corrected chi connectivity index (χ2v) is 6.91. The lowest BCUT2D eigenvalue weighted by Crippen LogP contribution is -2.19. The van der Waals surface area contributed by atoms with Crippen molar-refractivity contribution in [3.63, 3.8) is 0 Å². The van der Waals surface area contributed by atoms with Crippen LogP contribution in [-0.4, -0.2) is 7.05 Å². The Kier molecular flexibility index (Phi) is 5.69. The maximum Gasteiger partial charge on any atom is 0.0465 e. The first-order valence-corrected chi connectivity index (χ1v) is 8.22. The summed E-state index contributed by atoms with van der Waals surface area (Å²) in [4.78, 5) is 0. The molecule has 1 nitrogen and oxygen atoms in total. The Bertz CT molecular complexity index is 557. The van der Waals surface area contributed by atoms with Gasteiger partial charge >= 0.3 is 0 Å². The maximum absolute atomic E-state index is 6.32. The van der Waals surface area contributed by atoms with Gasteiger partial charge in [0.2, 0.25) is 0 Å². The van der Waals surface area contributed by atoms with E-state index in [-0.39, 0.29) is 6.04 Å². The normalized spacial score (nSPS) is 12.4. The largest absolute Gasteiger partial charge is 0.313 e. The molecule has 0 aliphatic carbocycles. The van der Waals surface area contributed by atoms with Crippen LogP contribution in [0, 0.1) is 3.57 Å². The molecule has 19 heavy (non-hydrogen) atoms. The lowest BCUT2D eigenvalue weighted by molar-refractivity contribution is 0.592. The van der Waals surface area contributed by atoms with Crippen LogP contribution in [0.3, 0.4) is 0 Å². The molecule has 0 aromatic heterocycles. The van der Waals surface area contributed by atoms with Crippen molar-refractivity contribution in [2.75, 3.05) is 7.05 Å². The Morgan fingerprint density at radius 1 is 1.21 bits per heavy atom. The molecule has 2 rings (SSSR count). The zero-order valence-electron chi connectivity index (χ0n) is 10.5. The molecule has 0 aliphatic heterocycles. The molecule has 0 bridgehead atoms. The Balaban J connectivity index is 2.22. The van der Waals surface area contributed by atoms with Crippen molar-refractivity contribution in [1.82, 2.24) is 5.32 Å². The highest BCUT2D eigenvalue weighted by Gasteiger charge is 2.13. The van der Waals surface area contributed by atoms with Crippen molar-refractivity contribution in [3.05, 3.63) is 66.7 Å². The van der Waals surface area contributed by atoms with Gasteiger partial charge in [0.1, 0.15) is 0 Å². The summed E-state index contributed by atoms with van der Waals surface area (Å²) in [5.74, 6) is 0. The Morgan fingerprint density at radius 3 is 2.47 bits per heavy atom. The number of benzene rings is 2. The second kappa shape index (κ2) is 7.07. The van der Waals surface area contributed by atoms with Gasteiger partial charge in [-0.15, -0.1) is 0 Å². The number of likely N-dealkylation sites (N-methyl/N-ethyl adjacent to an activating group) is 1. The lowest BCUT2D eigenvalue weighted by Gasteiger charge is -2.18. The van der Waals surface area contributed by atoms with Crippen LogP contribution < -0.4 is 5.32 Å². The van der Waals surface area contributed by atoms with E-state index in [1.807, 2.05) is 19.2 Å². The van der Waals surface area contributed by atoms with Gasteiger partial charge in [0.15, 0.2) is 0 Å². The van der Waals surface area contributed by atoms with Crippen LogP contribution in [0.4, 0.5) is 0 Å². The summed E-state index contributed by atoms with van der Waals surface area (Å²) in [7, 11) is 1.97. The third kappa shape index (κ3) is 4.18. The minimum Gasteiger partial charge on any atom is -0.313 e. The molecule has 0 heterocycles. The van der Waals surface area contributed by atoms with E-state index in [9.17, 15) is 0 Å². The van der Waals surface area contributed by atoms with Crippen LogP contribution >= 0.6 is 50.1 Å². The topological polar surface area (TPSA) is 12.0 Å². The van der Waals surface area contributed by atoms with E-state index < -0.39 is 0 Å². The molecule has 0 aliphatic rings. The molecule has 0 saturated heterocycles. The molecule has 2 aromatic rings. The molecule has 1 unspecified atom stereocenters. The fourth-order valence-electron chi connectivity index (χ4n) is 2.01. The molecule has 0 fully saturated rings. The molecule has 100 valence electrons. The first-order chi connectivity index (χ1) is 9.10. The van der Waals surface area contributed by atoms with Gasteiger partial charge in [-0.1, -0.05) is 45.7 Å². The summed E-state index contributed by atoms with van der Waals surface area (Å²) in [6, 6.07) is 14.9. The van der Waals surface area contributed by atoms with Crippen molar-refractivity contribution in [3.8, 4) is 0 Å². The average molecular weight is 451 g/mol. The molecule has 1 atom stereocenters. The number of hydrogen-bond donors (Lipinski definition) is 1. The van der Waals surface area contributed by atoms with Crippen LogP contribution in [0.25, 0.3) is 0 Å². The van der Waals surface area contributed by atoms with Gasteiger partial charge < -0.3 is 5.32 Å². The number of halogens is 3. The zero-order chi connectivity index (χ0) is 13.8. The second-order valence-electron chi connectivity index (χ2n) is 4.34. The number of rotatable bonds is 4. The van der Waals surface area contributed by atoms with Gasteiger partial charge in [-0.2, -0.15) is 0 Å². The van der Waals surface area contributed by atoms with E-state index >= 15 is 0 Å². The standard InChI is InChI=1S/C15H14BrClIN/c1-19-15(8-10-2-5-12(18)6-3-10)13-7-4-11(16)9-14(13)17/h2-7,9,15,19H,8H2,1H3. The third-order valence-electron chi connectivity index (χ3n) is 3.04. The lowest BCUT2D eigenvalue weighted by atomic mass is 9.99. The molecular weight excluding hydrogens is 436 g/mol. The van der Waals surface area contributed by atoms with Crippen LogP contribution in [0.1, 0.15) is 17.2 Å².